The van der Waals surface area contributed by atoms with Gasteiger partial charge in [-0.05, 0) is 25.3 Å². The van der Waals surface area contributed by atoms with Crippen molar-refractivity contribution in [1.29, 1.82) is 0 Å². The highest BCUT2D eigenvalue weighted by Gasteiger charge is 2.46. The molecule has 1 rings (SSSR count). The molecular formula is C10H20N2O. The van der Waals surface area contributed by atoms with Gasteiger partial charge in [-0.25, -0.2) is 0 Å². The maximum Gasteiger partial charge on any atom is 0.228 e. The van der Waals surface area contributed by atoms with Crippen molar-refractivity contribution >= 4 is 5.91 Å². The fourth-order valence-electron chi connectivity index (χ4n) is 2.27. The van der Waals surface area contributed by atoms with E-state index in [4.69, 9.17) is 5.73 Å². The SMILES string of the molecule is CC(C)C1(CCN)CCN(C)C1=O. The molecule has 3 heteroatoms. The molecule has 1 unspecified atom stereocenters. The first-order chi connectivity index (χ1) is 6.04. The molecule has 2 N–H and O–H groups in total. The predicted octanol–water partition coefficient (Wildman–Crippen LogP) is 0.840. The normalized spacial score (nSPS) is 29.0. The number of nitrogens with two attached hydrogens (primary N) is 1. The van der Waals surface area contributed by atoms with Crippen LogP contribution in [-0.4, -0.2) is 30.9 Å². The number of carbonyl (C=O) groups is 1. The van der Waals surface area contributed by atoms with Crippen molar-refractivity contribution in [1.82, 2.24) is 4.90 Å². The third-order valence-electron chi connectivity index (χ3n) is 3.36. The molecule has 0 aliphatic carbocycles. The Bertz CT molecular complexity index is 199. The number of hydrogen-bond acceptors (Lipinski definition) is 2. The van der Waals surface area contributed by atoms with Gasteiger partial charge in [0.1, 0.15) is 0 Å². The van der Waals surface area contributed by atoms with E-state index in [1.54, 1.807) is 0 Å². The van der Waals surface area contributed by atoms with E-state index >= 15 is 0 Å². The third-order valence-corrected chi connectivity index (χ3v) is 3.36. The average Bonchev–Trinajstić information content (AvgIpc) is 2.34. The first-order valence-corrected chi connectivity index (χ1v) is 5.00. The van der Waals surface area contributed by atoms with Crippen LogP contribution in [0.15, 0.2) is 0 Å². The van der Waals surface area contributed by atoms with Crippen molar-refractivity contribution in [3.8, 4) is 0 Å². The van der Waals surface area contributed by atoms with E-state index in [9.17, 15) is 4.79 Å². The smallest absolute Gasteiger partial charge is 0.228 e. The highest BCUT2D eigenvalue weighted by Crippen LogP contribution is 2.41. The van der Waals surface area contributed by atoms with Gasteiger partial charge < -0.3 is 10.6 Å². The zero-order chi connectivity index (χ0) is 10.1. The van der Waals surface area contributed by atoms with Gasteiger partial charge in [0.15, 0.2) is 0 Å². The molecule has 0 radical (unpaired) electrons. The van der Waals surface area contributed by atoms with Crippen LogP contribution >= 0.6 is 0 Å². The Morgan fingerprint density at radius 1 is 1.62 bits per heavy atom. The highest BCUT2D eigenvalue weighted by molar-refractivity contribution is 5.84. The molecule has 1 aliphatic heterocycles. The molecule has 0 aromatic carbocycles. The van der Waals surface area contributed by atoms with E-state index in [0.29, 0.717) is 12.5 Å². The summed E-state index contributed by atoms with van der Waals surface area (Å²) >= 11 is 0. The highest BCUT2D eigenvalue weighted by atomic mass is 16.2. The van der Waals surface area contributed by atoms with E-state index in [-0.39, 0.29) is 11.3 Å². The summed E-state index contributed by atoms with van der Waals surface area (Å²) < 4.78 is 0. The summed E-state index contributed by atoms with van der Waals surface area (Å²) in [5.74, 6) is 0.682. The van der Waals surface area contributed by atoms with Crippen LogP contribution in [0.5, 0.6) is 0 Å². The summed E-state index contributed by atoms with van der Waals surface area (Å²) in [6, 6.07) is 0. The lowest BCUT2D eigenvalue weighted by Gasteiger charge is -2.30. The number of amides is 1. The van der Waals surface area contributed by atoms with Crippen molar-refractivity contribution in [3.05, 3.63) is 0 Å². The van der Waals surface area contributed by atoms with Crippen LogP contribution in [-0.2, 0) is 4.79 Å². The van der Waals surface area contributed by atoms with E-state index in [0.717, 1.165) is 19.4 Å². The molecule has 1 amide bonds. The summed E-state index contributed by atoms with van der Waals surface area (Å²) in [6.07, 6.45) is 1.80. The monoisotopic (exact) mass is 184 g/mol. The molecular weight excluding hydrogens is 164 g/mol. The zero-order valence-electron chi connectivity index (χ0n) is 8.84. The van der Waals surface area contributed by atoms with Crippen molar-refractivity contribution in [3.63, 3.8) is 0 Å². The molecule has 0 spiro atoms. The van der Waals surface area contributed by atoms with E-state index in [1.165, 1.54) is 0 Å². The van der Waals surface area contributed by atoms with Crippen LogP contribution in [0.3, 0.4) is 0 Å². The zero-order valence-corrected chi connectivity index (χ0v) is 8.84. The molecule has 3 nitrogen and oxygen atoms in total. The summed E-state index contributed by atoms with van der Waals surface area (Å²) in [6.45, 7) is 5.73. The molecule has 76 valence electrons. The Hall–Kier alpha value is -0.570. The lowest BCUT2D eigenvalue weighted by atomic mass is 9.73. The second kappa shape index (κ2) is 3.66. The van der Waals surface area contributed by atoms with Gasteiger partial charge in [0, 0.05) is 13.6 Å². The van der Waals surface area contributed by atoms with Gasteiger partial charge in [-0.1, -0.05) is 13.8 Å². The Kier molecular flexibility index (Phi) is 2.96. The molecule has 1 fully saturated rings. The summed E-state index contributed by atoms with van der Waals surface area (Å²) in [7, 11) is 1.88. The van der Waals surface area contributed by atoms with Crippen molar-refractivity contribution < 1.29 is 4.79 Å². The van der Waals surface area contributed by atoms with Gasteiger partial charge >= 0.3 is 0 Å². The predicted molar refractivity (Wildman–Crippen MR) is 53.2 cm³/mol. The summed E-state index contributed by atoms with van der Waals surface area (Å²) in [5, 5.41) is 0. The number of nitrogens with zero attached hydrogens (tertiary/aromatic N) is 1. The van der Waals surface area contributed by atoms with Gasteiger partial charge in [0.2, 0.25) is 5.91 Å². The maximum absolute atomic E-state index is 11.9. The summed E-state index contributed by atoms with van der Waals surface area (Å²) in [5.41, 5.74) is 5.41. The van der Waals surface area contributed by atoms with Crippen molar-refractivity contribution in [2.75, 3.05) is 20.1 Å². The minimum atomic E-state index is -0.163. The number of hydrogen-bond donors (Lipinski definition) is 1. The van der Waals surface area contributed by atoms with Gasteiger partial charge in [-0.2, -0.15) is 0 Å². The van der Waals surface area contributed by atoms with Crippen LogP contribution in [0.25, 0.3) is 0 Å². The summed E-state index contributed by atoms with van der Waals surface area (Å²) in [4.78, 5) is 13.8. The molecule has 1 saturated heterocycles. The van der Waals surface area contributed by atoms with Crippen LogP contribution in [0, 0.1) is 11.3 Å². The Morgan fingerprint density at radius 3 is 2.54 bits per heavy atom. The van der Waals surface area contributed by atoms with Gasteiger partial charge in [-0.15, -0.1) is 0 Å². The fraction of sp³-hybridized carbons (Fsp3) is 0.900. The Labute approximate surface area is 80.3 Å². The first kappa shape index (κ1) is 10.5. The molecule has 1 atom stereocenters. The molecule has 0 aromatic heterocycles. The topological polar surface area (TPSA) is 46.3 Å². The average molecular weight is 184 g/mol. The largest absolute Gasteiger partial charge is 0.345 e. The lowest BCUT2D eigenvalue weighted by molar-refractivity contribution is -0.137. The van der Waals surface area contributed by atoms with E-state index in [2.05, 4.69) is 13.8 Å². The second-order valence-corrected chi connectivity index (χ2v) is 4.33. The van der Waals surface area contributed by atoms with Crippen molar-refractivity contribution in [2.24, 2.45) is 17.1 Å². The van der Waals surface area contributed by atoms with Gasteiger partial charge in [-0.3, -0.25) is 4.79 Å². The van der Waals surface area contributed by atoms with Crippen molar-refractivity contribution in [2.45, 2.75) is 26.7 Å². The standard InChI is InChI=1S/C10H20N2O/c1-8(2)10(4-6-11)5-7-12(3)9(10)13/h8H,4-7,11H2,1-3H3. The quantitative estimate of drug-likeness (QED) is 0.706. The second-order valence-electron chi connectivity index (χ2n) is 4.33. The molecule has 13 heavy (non-hydrogen) atoms. The Morgan fingerprint density at radius 2 is 2.23 bits per heavy atom. The van der Waals surface area contributed by atoms with Crippen LogP contribution in [0.4, 0.5) is 0 Å². The molecule has 0 aromatic rings. The van der Waals surface area contributed by atoms with Crippen LogP contribution in [0.1, 0.15) is 26.7 Å². The number of rotatable bonds is 3. The minimum absolute atomic E-state index is 0.163. The van der Waals surface area contributed by atoms with E-state index < -0.39 is 0 Å². The molecule has 0 saturated carbocycles. The Balaban J connectivity index is 2.85. The van der Waals surface area contributed by atoms with Crippen LogP contribution in [0.2, 0.25) is 0 Å². The van der Waals surface area contributed by atoms with Gasteiger partial charge in [0.25, 0.3) is 0 Å². The van der Waals surface area contributed by atoms with E-state index in [1.807, 2.05) is 11.9 Å². The molecule has 1 heterocycles. The number of carbonyl (C=O) groups excluding carboxylic acids is 1. The number of likely N-dealkylation sites (tertiary alicyclic amines) is 1. The minimum Gasteiger partial charge on any atom is -0.345 e. The third kappa shape index (κ3) is 1.57. The lowest BCUT2D eigenvalue weighted by Crippen LogP contribution is -2.38. The molecule has 1 aliphatic rings. The van der Waals surface area contributed by atoms with Gasteiger partial charge in [0.05, 0.1) is 5.41 Å². The van der Waals surface area contributed by atoms with Crippen LogP contribution < -0.4 is 5.73 Å². The first-order valence-electron chi connectivity index (χ1n) is 5.00. The fourth-order valence-corrected chi connectivity index (χ4v) is 2.27. The molecule has 0 bridgehead atoms. The maximum atomic E-state index is 11.9.